The fourth-order valence-corrected chi connectivity index (χ4v) is 3.56. The third-order valence-corrected chi connectivity index (χ3v) is 5.42. The lowest BCUT2D eigenvalue weighted by Crippen LogP contribution is -2.41. The number of aromatic nitrogens is 3. The number of carbonyl (C=O) groups excluding carboxylic acids is 1. The quantitative estimate of drug-likeness (QED) is 0.827. The second-order valence-corrected chi connectivity index (χ2v) is 7.30. The van der Waals surface area contributed by atoms with E-state index < -0.39 is 0 Å². The third-order valence-electron chi connectivity index (χ3n) is 5.42. The van der Waals surface area contributed by atoms with Crippen molar-refractivity contribution in [2.75, 3.05) is 20.1 Å². The van der Waals surface area contributed by atoms with Crippen LogP contribution in [0.15, 0.2) is 43.4 Å². The first-order valence-electron chi connectivity index (χ1n) is 9.59. The lowest BCUT2D eigenvalue weighted by atomic mass is 10.0. The van der Waals surface area contributed by atoms with Crippen molar-refractivity contribution in [3.8, 4) is 5.88 Å². The van der Waals surface area contributed by atoms with Gasteiger partial charge >= 0.3 is 0 Å². The summed E-state index contributed by atoms with van der Waals surface area (Å²) >= 11 is 0. The molecule has 1 fully saturated rings. The Bertz CT molecular complexity index is 953. The number of hydrogen-bond donors (Lipinski definition) is 1. The van der Waals surface area contributed by atoms with Crippen LogP contribution in [0.1, 0.15) is 25.3 Å². The molecule has 2 aromatic rings. The van der Waals surface area contributed by atoms with Crippen LogP contribution in [0.3, 0.4) is 0 Å². The maximum absolute atomic E-state index is 11.7. The van der Waals surface area contributed by atoms with Crippen molar-refractivity contribution < 1.29 is 9.53 Å². The molecule has 0 spiro atoms. The van der Waals surface area contributed by atoms with E-state index in [0.29, 0.717) is 25.0 Å². The van der Waals surface area contributed by atoms with E-state index in [9.17, 15) is 4.79 Å². The number of nitrogens with one attached hydrogen (secondary N) is 1. The Hall–Kier alpha value is -3.09. The van der Waals surface area contributed by atoms with Gasteiger partial charge in [-0.1, -0.05) is 18.7 Å². The summed E-state index contributed by atoms with van der Waals surface area (Å²) in [6, 6.07) is 0.373. The minimum atomic E-state index is -0.0234. The molecule has 0 radical (unpaired) electrons. The van der Waals surface area contributed by atoms with E-state index in [-0.39, 0.29) is 12.0 Å². The van der Waals surface area contributed by atoms with Gasteiger partial charge in [0.25, 0.3) is 0 Å². The Morgan fingerprint density at radius 3 is 2.89 bits per heavy atom. The summed E-state index contributed by atoms with van der Waals surface area (Å²) in [5.41, 5.74) is 3.64. The largest absolute Gasteiger partial charge is 0.473 e. The average molecular weight is 379 g/mol. The van der Waals surface area contributed by atoms with Crippen molar-refractivity contribution in [3.63, 3.8) is 0 Å². The number of piperidine rings is 1. The SMILES string of the molecule is C=CC(=O)N1CCC(Oc2cnc3[nH]cc(C4=CN(C)C(C)C=C4)c3n2)CC1. The van der Waals surface area contributed by atoms with Crippen molar-refractivity contribution in [3.05, 3.63) is 49.0 Å². The number of likely N-dealkylation sites (N-methyl/N-ethyl adjacent to an activating group) is 1. The van der Waals surface area contributed by atoms with Gasteiger partial charge in [0.15, 0.2) is 5.65 Å². The fourth-order valence-electron chi connectivity index (χ4n) is 3.56. The molecule has 4 heterocycles. The molecule has 7 nitrogen and oxygen atoms in total. The molecule has 28 heavy (non-hydrogen) atoms. The molecule has 0 aliphatic carbocycles. The summed E-state index contributed by atoms with van der Waals surface area (Å²) in [4.78, 5) is 28.0. The summed E-state index contributed by atoms with van der Waals surface area (Å²) in [6.07, 6.45) is 12.9. The Morgan fingerprint density at radius 1 is 1.39 bits per heavy atom. The number of rotatable bonds is 4. The molecule has 146 valence electrons. The minimum absolute atomic E-state index is 0.0234. The Labute approximate surface area is 164 Å². The van der Waals surface area contributed by atoms with Gasteiger partial charge in [0.2, 0.25) is 11.8 Å². The predicted molar refractivity (Wildman–Crippen MR) is 109 cm³/mol. The van der Waals surface area contributed by atoms with Crippen molar-refractivity contribution in [2.24, 2.45) is 0 Å². The standard InChI is InChI=1S/C21H25N5O2/c1-4-19(27)26-9-7-16(8-10-26)28-18-12-23-21-20(24-18)17(11-22-21)15-6-5-14(2)25(3)13-15/h4-6,11-14,16H,1,7-10H2,2-3H3,(H,22,23). The highest BCUT2D eigenvalue weighted by molar-refractivity contribution is 5.91. The summed E-state index contributed by atoms with van der Waals surface area (Å²) in [5.74, 6) is 0.494. The maximum Gasteiger partial charge on any atom is 0.245 e. The van der Waals surface area contributed by atoms with Gasteiger partial charge in [-0.25, -0.2) is 9.97 Å². The number of amides is 1. The van der Waals surface area contributed by atoms with Gasteiger partial charge < -0.3 is 19.5 Å². The smallest absolute Gasteiger partial charge is 0.245 e. The summed E-state index contributed by atoms with van der Waals surface area (Å²) in [7, 11) is 2.06. The zero-order valence-corrected chi connectivity index (χ0v) is 16.3. The van der Waals surface area contributed by atoms with Gasteiger partial charge in [0.05, 0.1) is 6.20 Å². The van der Waals surface area contributed by atoms with Gasteiger partial charge in [-0.15, -0.1) is 0 Å². The molecule has 2 aliphatic rings. The van der Waals surface area contributed by atoms with Crippen LogP contribution in [-0.4, -0.2) is 62.9 Å². The third kappa shape index (κ3) is 3.52. The first-order valence-corrected chi connectivity index (χ1v) is 9.59. The zero-order valence-electron chi connectivity index (χ0n) is 16.3. The molecule has 2 aliphatic heterocycles. The molecule has 4 rings (SSSR count). The fraction of sp³-hybridized carbons (Fsp3) is 0.381. The van der Waals surface area contributed by atoms with E-state index in [1.807, 2.05) is 6.20 Å². The number of likely N-dealkylation sites (tertiary alicyclic amines) is 1. The van der Waals surface area contributed by atoms with E-state index in [4.69, 9.17) is 9.72 Å². The van der Waals surface area contributed by atoms with E-state index in [0.717, 1.165) is 35.1 Å². The molecule has 0 bridgehead atoms. The normalized spacial score (nSPS) is 20.4. The summed E-state index contributed by atoms with van der Waals surface area (Å²) in [5, 5.41) is 0. The molecule has 1 unspecified atom stereocenters. The van der Waals surface area contributed by atoms with Crippen LogP contribution >= 0.6 is 0 Å². The summed E-state index contributed by atoms with van der Waals surface area (Å²) in [6.45, 7) is 7.04. The van der Waals surface area contributed by atoms with Gasteiger partial charge in [-0.3, -0.25) is 4.79 Å². The molecule has 1 saturated heterocycles. The van der Waals surface area contributed by atoms with Crippen LogP contribution < -0.4 is 4.74 Å². The number of ether oxygens (including phenoxy) is 1. The van der Waals surface area contributed by atoms with Crippen LogP contribution in [0.25, 0.3) is 16.7 Å². The number of carbonyl (C=O) groups is 1. The van der Waals surface area contributed by atoms with E-state index >= 15 is 0 Å². The molecule has 0 aromatic carbocycles. The van der Waals surface area contributed by atoms with Gasteiger partial charge in [0.1, 0.15) is 11.6 Å². The van der Waals surface area contributed by atoms with Gasteiger partial charge in [-0.05, 0) is 13.0 Å². The minimum Gasteiger partial charge on any atom is -0.473 e. The van der Waals surface area contributed by atoms with Gasteiger partial charge in [-0.2, -0.15) is 0 Å². The monoisotopic (exact) mass is 379 g/mol. The van der Waals surface area contributed by atoms with E-state index in [2.05, 4.69) is 53.8 Å². The number of allylic oxidation sites excluding steroid dienone is 2. The second-order valence-electron chi connectivity index (χ2n) is 7.30. The second kappa shape index (κ2) is 7.50. The first-order chi connectivity index (χ1) is 13.5. The van der Waals surface area contributed by atoms with Crippen molar-refractivity contribution in [1.82, 2.24) is 24.8 Å². The topological polar surface area (TPSA) is 74.4 Å². The lowest BCUT2D eigenvalue weighted by molar-refractivity contribution is -0.127. The molecular weight excluding hydrogens is 354 g/mol. The molecule has 2 aromatic heterocycles. The molecule has 1 atom stereocenters. The van der Waals surface area contributed by atoms with Crippen molar-refractivity contribution in [1.29, 1.82) is 0 Å². The maximum atomic E-state index is 11.7. The molecule has 0 saturated carbocycles. The highest BCUT2D eigenvalue weighted by Gasteiger charge is 2.23. The number of nitrogens with zero attached hydrogens (tertiary/aromatic N) is 4. The first kappa shape index (κ1) is 18.3. The van der Waals surface area contributed by atoms with Crippen LogP contribution in [0.2, 0.25) is 0 Å². The number of aromatic amines is 1. The summed E-state index contributed by atoms with van der Waals surface area (Å²) < 4.78 is 6.08. The highest BCUT2D eigenvalue weighted by Crippen LogP contribution is 2.28. The van der Waals surface area contributed by atoms with E-state index in [1.165, 1.54) is 6.08 Å². The number of hydrogen-bond acceptors (Lipinski definition) is 5. The zero-order chi connectivity index (χ0) is 19.7. The van der Waals surface area contributed by atoms with Gasteiger partial charge in [0, 0.05) is 62.6 Å². The highest BCUT2D eigenvalue weighted by atomic mass is 16.5. The Kier molecular flexibility index (Phi) is 4.90. The van der Waals surface area contributed by atoms with Crippen LogP contribution in [0.5, 0.6) is 5.88 Å². The molecular formula is C21H25N5O2. The van der Waals surface area contributed by atoms with Crippen molar-refractivity contribution >= 4 is 22.6 Å². The predicted octanol–water partition coefficient (Wildman–Crippen LogP) is 2.74. The van der Waals surface area contributed by atoms with Crippen LogP contribution in [0, 0.1) is 0 Å². The van der Waals surface area contributed by atoms with Crippen LogP contribution in [-0.2, 0) is 4.79 Å². The molecule has 1 N–H and O–H groups in total. The molecule has 7 heteroatoms. The number of H-pyrrole nitrogens is 1. The van der Waals surface area contributed by atoms with Crippen molar-refractivity contribution in [2.45, 2.75) is 31.9 Å². The van der Waals surface area contributed by atoms with E-state index in [1.54, 1.807) is 11.1 Å². The van der Waals surface area contributed by atoms with Crippen LogP contribution in [0.4, 0.5) is 0 Å². The lowest BCUT2D eigenvalue weighted by Gasteiger charge is -2.31. The molecule has 1 amide bonds. The average Bonchev–Trinajstić information content (AvgIpc) is 3.13. The number of fused-ring (bicyclic) bond motifs is 1. The Morgan fingerprint density at radius 2 is 2.18 bits per heavy atom. The Balaban J connectivity index is 1.51.